The van der Waals surface area contributed by atoms with Crippen molar-refractivity contribution in [2.75, 3.05) is 18.4 Å². The Balaban J connectivity index is 1.39. The Kier molecular flexibility index (Phi) is 7.65. The van der Waals surface area contributed by atoms with Gasteiger partial charge in [-0.1, -0.05) is 12.1 Å². The number of carbonyl (C=O) groups is 3. The molecule has 0 spiro atoms. The molecule has 1 fully saturated rings. The monoisotopic (exact) mass is 533 g/mol. The Labute approximate surface area is 212 Å². The number of nitrogens with zero attached hydrogens (tertiary/aromatic N) is 3. The molecule has 0 radical (unpaired) electrons. The van der Waals surface area contributed by atoms with Crippen LogP contribution in [0.3, 0.4) is 0 Å². The van der Waals surface area contributed by atoms with Crippen molar-refractivity contribution in [3.63, 3.8) is 0 Å². The van der Waals surface area contributed by atoms with Crippen LogP contribution < -0.4 is 10.6 Å². The standard InChI is InChI=1S/C25H20F5N5O3/c26-15-11-14(12-16(27)13-15)22(36)34-21-20(31-7-8-32-21)23(37)33-17-5-9-35(10-6-17)24(38)18-3-1-2-4-19(18)25(28,29)30/h1-4,7-8,11-13,17H,5-6,9-10H2,(H,33,37)(H,32,34,36). The first kappa shape index (κ1) is 26.6. The number of benzene rings is 2. The van der Waals surface area contributed by atoms with E-state index >= 15 is 0 Å². The molecule has 0 atom stereocenters. The van der Waals surface area contributed by atoms with Gasteiger partial charge in [0.15, 0.2) is 11.5 Å². The van der Waals surface area contributed by atoms with Gasteiger partial charge in [-0.2, -0.15) is 13.2 Å². The Morgan fingerprint density at radius 1 is 0.895 bits per heavy atom. The lowest BCUT2D eigenvalue weighted by molar-refractivity contribution is -0.138. The summed E-state index contributed by atoms with van der Waals surface area (Å²) in [6.07, 6.45) is -1.73. The number of anilines is 1. The Morgan fingerprint density at radius 2 is 1.53 bits per heavy atom. The molecule has 8 nitrogen and oxygen atoms in total. The van der Waals surface area contributed by atoms with Crippen LogP contribution in [0.2, 0.25) is 0 Å². The molecule has 13 heteroatoms. The summed E-state index contributed by atoms with van der Waals surface area (Å²) in [6, 6.07) is 6.34. The van der Waals surface area contributed by atoms with E-state index in [4.69, 9.17) is 0 Å². The molecule has 0 aliphatic carbocycles. The lowest BCUT2D eigenvalue weighted by Crippen LogP contribution is -2.47. The number of alkyl halides is 3. The van der Waals surface area contributed by atoms with Gasteiger partial charge in [-0.25, -0.2) is 18.7 Å². The first-order valence-corrected chi connectivity index (χ1v) is 11.4. The zero-order valence-corrected chi connectivity index (χ0v) is 19.6. The number of hydrogen-bond acceptors (Lipinski definition) is 5. The predicted octanol–water partition coefficient (Wildman–Crippen LogP) is 4.06. The molecule has 198 valence electrons. The van der Waals surface area contributed by atoms with E-state index in [-0.39, 0.29) is 43.0 Å². The summed E-state index contributed by atoms with van der Waals surface area (Å²) < 4.78 is 66.8. The minimum atomic E-state index is -4.68. The van der Waals surface area contributed by atoms with E-state index in [1.54, 1.807) is 0 Å². The smallest absolute Gasteiger partial charge is 0.348 e. The zero-order chi connectivity index (χ0) is 27.4. The second-order valence-electron chi connectivity index (χ2n) is 8.45. The van der Waals surface area contributed by atoms with E-state index in [1.807, 2.05) is 0 Å². The van der Waals surface area contributed by atoms with Crippen LogP contribution in [0, 0.1) is 11.6 Å². The molecule has 3 aromatic rings. The van der Waals surface area contributed by atoms with Crippen LogP contribution in [0.1, 0.15) is 49.6 Å². The van der Waals surface area contributed by atoms with E-state index in [1.165, 1.54) is 29.4 Å². The fraction of sp³-hybridized carbons (Fsp3) is 0.240. The van der Waals surface area contributed by atoms with Gasteiger partial charge in [0.2, 0.25) is 0 Å². The summed E-state index contributed by atoms with van der Waals surface area (Å²) >= 11 is 0. The maximum Gasteiger partial charge on any atom is 0.417 e. The number of nitrogens with one attached hydrogen (secondary N) is 2. The van der Waals surface area contributed by atoms with Gasteiger partial charge in [0.1, 0.15) is 11.6 Å². The molecule has 1 aliphatic heterocycles. The summed E-state index contributed by atoms with van der Waals surface area (Å²) in [5.41, 5.74) is -2.04. The third-order valence-corrected chi connectivity index (χ3v) is 5.85. The molecule has 2 aromatic carbocycles. The summed E-state index contributed by atoms with van der Waals surface area (Å²) in [5.74, 6) is -4.53. The number of carbonyl (C=O) groups excluding carboxylic acids is 3. The lowest BCUT2D eigenvalue weighted by Gasteiger charge is -2.33. The van der Waals surface area contributed by atoms with Crippen molar-refractivity contribution in [1.82, 2.24) is 20.2 Å². The molecule has 0 bridgehead atoms. The fourth-order valence-corrected chi connectivity index (χ4v) is 4.03. The van der Waals surface area contributed by atoms with Gasteiger partial charge in [-0.15, -0.1) is 0 Å². The van der Waals surface area contributed by atoms with Gasteiger partial charge in [0, 0.05) is 43.2 Å². The molecular weight excluding hydrogens is 513 g/mol. The van der Waals surface area contributed by atoms with Crippen molar-refractivity contribution >= 4 is 23.5 Å². The molecule has 2 N–H and O–H groups in total. The second-order valence-corrected chi connectivity index (χ2v) is 8.45. The molecule has 0 unspecified atom stereocenters. The van der Waals surface area contributed by atoms with E-state index < -0.39 is 52.7 Å². The van der Waals surface area contributed by atoms with Crippen LogP contribution in [0.15, 0.2) is 54.9 Å². The Morgan fingerprint density at radius 3 is 2.18 bits per heavy atom. The maximum absolute atomic E-state index is 13.5. The second kappa shape index (κ2) is 10.9. The van der Waals surface area contributed by atoms with Crippen molar-refractivity contribution in [3.05, 3.63) is 88.9 Å². The average Bonchev–Trinajstić information content (AvgIpc) is 2.88. The molecule has 3 amide bonds. The summed E-state index contributed by atoms with van der Waals surface area (Å²) in [5, 5.41) is 5.02. The van der Waals surface area contributed by atoms with Gasteiger partial charge in [-0.05, 0) is 37.1 Å². The lowest BCUT2D eigenvalue weighted by atomic mass is 10.0. The number of hydrogen-bond donors (Lipinski definition) is 2. The molecule has 1 aliphatic rings. The highest BCUT2D eigenvalue weighted by atomic mass is 19.4. The maximum atomic E-state index is 13.5. The van der Waals surface area contributed by atoms with Crippen LogP contribution in [0.4, 0.5) is 27.8 Å². The molecule has 2 heterocycles. The minimum Gasteiger partial charge on any atom is -0.348 e. The normalized spacial score (nSPS) is 14.2. The van der Waals surface area contributed by atoms with Gasteiger partial charge in [0.05, 0.1) is 11.1 Å². The predicted molar refractivity (Wildman–Crippen MR) is 124 cm³/mol. The zero-order valence-electron chi connectivity index (χ0n) is 19.6. The summed E-state index contributed by atoms with van der Waals surface area (Å²) in [7, 11) is 0. The van der Waals surface area contributed by atoms with E-state index in [0.29, 0.717) is 6.07 Å². The summed E-state index contributed by atoms with van der Waals surface area (Å²) in [6.45, 7) is 0.205. The Hall–Kier alpha value is -4.42. The van der Waals surface area contributed by atoms with E-state index in [9.17, 15) is 36.3 Å². The van der Waals surface area contributed by atoms with Crippen molar-refractivity contribution < 1.29 is 36.3 Å². The SMILES string of the molecule is O=C(Nc1nccnc1C(=O)NC1CCN(C(=O)c2ccccc2C(F)(F)F)CC1)c1cc(F)cc(F)c1. The van der Waals surface area contributed by atoms with Gasteiger partial charge >= 0.3 is 6.18 Å². The number of likely N-dealkylation sites (tertiary alicyclic amines) is 1. The summed E-state index contributed by atoms with van der Waals surface area (Å²) in [4.78, 5) is 47.2. The first-order chi connectivity index (χ1) is 18.0. The van der Waals surface area contributed by atoms with Crippen LogP contribution in [0.5, 0.6) is 0 Å². The highest BCUT2D eigenvalue weighted by Gasteiger charge is 2.36. The van der Waals surface area contributed by atoms with Crippen molar-refractivity contribution in [3.8, 4) is 0 Å². The average molecular weight is 533 g/mol. The highest BCUT2D eigenvalue weighted by molar-refractivity contribution is 6.07. The largest absolute Gasteiger partial charge is 0.417 e. The van der Waals surface area contributed by atoms with Crippen LogP contribution >= 0.6 is 0 Å². The van der Waals surface area contributed by atoms with Crippen molar-refractivity contribution in [2.24, 2.45) is 0 Å². The number of amides is 3. The number of aromatic nitrogens is 2. The number of rotatable bonds is 5. The number of piperidine rings is 1. The quantitative estimate of drug-likeness (QED) is 0.482. The van der Waals surface area contributed by atoms with Crippen LogP contribution in [0.25, 0.3) is 0 Å². The minimum absolute atomic E-state index is 0.102. The first-order valence-electron chi connectivity index (χ1n) is 11.4. The van der Waals surface area contributed by atoms with Crippen LogP contribution in [-0.2, 0) is 6.18 Å². The topological polar surface area (TPSA) is 104 Å². The van der Waals surface area contributed by atoms with E-state index in [2.05, 4.69) is 20.6 Å². The van der Waals surface area contributed by atoms with Gasteiger partial charge < -0.3 is 15.5 Å². The van der Waals surface area contributed by atoms with Gasteiger partial charge in [-0.3, -0.25) is 14.4 Å². The molecule has 1 aromatic heterocycles. The van der Waals surface area contributed by atoms with Gasteiger partial charge in [0.25, 0.3) is 17.7 Å². The fourth-order valence-electron chi connectivity index (χ4n) is 4.03. The molecular formula is C25H20F5N5O3. The van der Waals surface area contributed by atoms with Crippen molar-refractivity contribution in [1.29, 1.82) is 0 Å². The molecule has 4 rings (SSSR count). The molecule has 38 heavy (non-hydrogen) atoms. The molecule has 0 saturated carbocycles. The number of halogens is 5. The Bertz CT molecular complexity index is 1350. The van der Waals surface area contributed by atoms with Crippen LogP contribution in [-0.4, -0.2) is 51.7 Å². The van der Waals surface area contributed by atoms with E-state index in [0.717, 1.165) is 24.3 Å². The third-order valence-electron chi connectivity index (χ3n) is 5.85. The third kappa shape index (κ3) is 6.10. The highest BCUT2D eigenvalue weighted by Crippen LogP contribution is 2.32. The van der Waals surface area contributed by atoms with Crippen molar-refractivity contribution in [2.45, 2.75) is 25.1 Å². The molecule has 1 saturated heterocycles.